The molecule has 3 rings (SSSR count). The summed E-state index contributed by atoms with van der Waals surface area (Å²) in [7, 11) is 1.67. The molecule has 0 bridgehead atoms. The lowest BCUT2D eigenvalue weighted by Gasteiger charge is -2.30. The van der Waals surface area contributed by atoms with Gasteiger partial charge < -0.3 is 14.1 Å². The quantitative estimate of drug-likeness (QED) is 0.709. The molecule has 140 valence electrons. The van der Waals surface area contributed by atoms with Crippen molar-refractivity contribution in [3.05, 3.63) is 41.6 Å². The zero-order valence-corrected chi connectivity index (χ0v) is 15.6. The van der Waals surface area contributed by atoms with Crippen LogP contribution in [-0.2, 0) is 11.2 Å². The molecule has 0 saturated carbocycles. The van der Waals surface area contributed by atoms with Crippen LogP contribution < -0.4 is 4.74 Å². The monoisotopic (exact) mass is 357 g/mol. The van der Waals surface area contributed by atoms with Crippen LogP contribution in [0.25, 0.3) is 0 Å². The number of hydrogen-bond donors (Lipinski definition) is 0. The highest BCUT2D eigenvalue weighted by Gasteiger charge is 2.26. The van der Waals surface area contributed by atoms with Crippen LogP contribution in [0.1, 0.15) is 55.4 Å². The standard InChI is InChI=1S/C20H27N3O3/c1-15-21-22-20(26-15)17-11-13-23(14-12-17)19(24)6-4-3-5-16-7-9-18(25-2)10-8-16/h7-10,17H,3-6,11-14H2,1-2H3. The van der Waals surface area contributed by atoms with Crippen LogP contribution in [0.2, 0.25) is 0 Å². The minimum absolute atomic E-state index is 0.264. The minimum atomic E-state index is 0.264. The van der Waals surface area contributed by atoms with Crippen molar-refractivity contribution in [1.29, 1.82) is 0 Å². The first-order chi connectivity index (χ1) is 12.7. The smallest absolute Gasteiger partial charge is 0.222 e. The second kappa shape index (κ2) is 8.83. The van der Waals surface area contributed by atoms with E-state index in [-0.39, 0.29) is 11.8 Å². The molecule has 0 radical (unpaired) electrons. The van der Waals surface area contributed by atoms with Crippen LogP contribution in [0.15, 0.2) is 28.7 Å². The first-order valence-electron chi connectivity index (χ1n) is 9.36. The van der Waals surface area contributed by atoms with Gasteiger partial charge in [-0.25, -0.2) is 0 Å². The molecule has 0 spiro atoms. The number of hydrogen-bond acceptors (Lipinski definition) is 5. The molecule has 1 fully saturated rings. The third kappa shape index (κ3) is 4.84. The molecular formula is C20H27N3O3. The molecule has 2 aromatic rings. The summed E-state index contributed by atoms with van der Waals surface area (Å²) in [5, 5.41) is 8.01. The Morgan fingerprint density at radius 2 is 1.92 bits per heavy atom. The fraction of sp³-hybridized carbons (Fsp3) is 0.550. The molecule has 0 N–H and O–H groups in total. The number of ether oxygens (including phenoxy) is 1. The Morgan fingerprint density at radius 1 is 1.19 bits per heavy atom. The van der Waals surface area contributed by atoms with Crippen molar-refractivity contribution in [3.8, 4) is 5.75 Å². The molecule has 26 heavy (non-hydrogen) atoms. The lowest BCUT2D eigenvalue weighted by molar-refractivity contribution is -0.132. The number of rotatable bonds is 7. The highest BCUT2D eigenvalue weighted by atomic mass is 16.5. The summed E-state index contributed by atoms with van der Waals surface area (Å²) in [6, 6.07) is 8.14. The number of piperidine rings is 1. The number of carbonyl (C=O) groups excluding carboxylic acids is 1. The molecule has 0 unspecified atom stereocenters. The van der Waals surface area contributed by atoms with Crippen molar-refractivity contribution in [2.75, 3.05) is 20.2 Å². The summed E-state index contributed by atoms with van der Waals surface area (Å²) >= 11 is 0. The highest BCUT2D eigenvalue weighted by molar-refractivity contribution is 5.76. The second-order valence-electron chi connectivity index (χ2n) is 6.87. The molecule has 1 aromatic heterocycles. The third-order valence-electron chi connectivity index (χ3n) is 5.00. The summed E-state index contributed by atoms with van der Waals surface area (Å²) in [4.78, 5) is 14.4. The molecular weight excluding hydrogens is 330 g/mol. The van der Waals surface area contributed by atoms with Crippen LogP contribution >= 0.6 is 0 Å². The van der Waals surface area contributed by atoms with Crippen molar-refractivity contribution < 1.29 is 13.9 Å². The van der Waals surface area contributed by atoms with Crippen molar-refractivity contribution in [2.24, 2.45) is 0 Å². The average molecular weight is 357 g/mol. The van der Waals surface area contributed by atoms with Crippen LogP contribution in [0.4, 0.5) is 0 Å². The molecule has 0 atom stereocenters. The Bertz CT molecular complexity index is 703. The maximum absolute atomic E-state index is 12.4. The number of methoxy groups -OCH3 is 1. The van der Waals surface area contributed by atoms with Gasteiger partial charge in [0.05, 0.1) is 7.11 Å². The maximum atomic E-state index is 12.4. The number of nitrogens with zero attached hydrogens (tertiary/aromatic N) is 3. The first kappa shape index (κ1) is 18.4. The summed E-state index contributed by atoms with van der Waals surface area (Å²) in [5.41, 5.74) is 1.29. The molecule has 6 heteroatoms. The van der Waals surface area contributed by atoms with Gasteiger partial charge in [-0.15, -0.1) is 10.2 Å². The molecule has 1 aromatic carbocycles. The third-order valence-corrected chi connectivity index (χ3v) is 5.00. The van der Waals surface area contributed by atoms with Gasteiger partial charge in [0.15, 0.2) is 0 Å². The van der Waals surface area contributed by atoms with Gasteiger partial charge in [0, 0.05) is 32.4 Å². The number of benzene rings is 1. The Labute approximate surface area is 154 Å². The van der Waals surface area contributed by atoms with Gasteiger partial charge in [0.25, 0.3) is 0 Å². The van der Waals surface area contributed by atoms with E-state index >= 15 is 0 Å². The minimum Gasteiger partial charge on any atom is -0.497 e. The molecule has 1 aliphatic rings. The largest absolute Gasteiger partial charge is 0.497 e. The van der Waals surface area contributed by atoms with Gasteiger partial charge in [-0.2, -0.15) is 0 Å². The average Bonchev–Trinajstić information content (AvgIpc) is 3.12. The second-order valence-corrected chi connectivity index (χ2v) is 6.87. The molecule has 6 nitrogen and oxygen atoms in total. The van der Waals surface area contributed by atoms with E-state index in [9.17, 15) is 4.79 Å². The molecule has 0 aliphatic carbocycles. The van der Waals surface area contributed by atoms with Gasteiger partial charge in [-0.05, 0) is 49.8 Å². The van der Waals surface area contributed by atoms with Gasteiger partial charge in [0.2, 0.25) is 17.7 Å². The fourth-order valence-corrected chi connectivity index (χ4v) is 3.41. The number of likely N-dealkylation sites (tertiary alicyclic amines) is 1. The van der Waals surface area contributed by atoms with Crippen molar-refractivity contribution in [2.45, 2.75) is 51.4 Å². The van der Waals surface area contributed by atoms with Gasteiger partial charge in [-0.3, -0.25) is 4.79 Å². The van der Waals surface area contributed by atoms with Crippen LogP contribution in [0.5, 0.6) is 5.75 Å². The van der Waals surface area contributed by atoms with E-state index in [0.29, 0.717) is 18.2 Å². The van der Waals surface area contributed by atoms with Gasteiger partial charge >= 0.3 is 0 Å². The number of carbonyl (C=O) groups is 1. The zero-order chi connectivity index (χ0) is 18.4. The molecule has 1 amide bonds. The van der Waals surface area contributed by atoms with Crippen LogP contribution in [-0.4, -0.2) is 41.2 Å². The summed E-state index contributed by atoms with van der Waals surface area (Å²) in [5.74, 6) is 2.75. The first-order valence-corrected chi connectivity index (χ1v) is 9.36. The number of amides is 1. The lowest BCUT2D eigenvalue weighted by Crippen LogP contribution is -2.37. The van der Waals surface area contributed by atoms with E-state index in [0.717, 1.165) is 50.9 Å². The SMILES string of the molecule is COc1ccc(CCCCC(=O)N2CCC(c3nnc(C)o3)CC2)cc1. The molecule has 1 saturated heterocycles. The van der Waals surface area contributed by atoms with Gasteiger partial charge in [-0.1, -0.05) is 12.1 Å². The summed E-state index contributed by atoms with van der Waals surface area (Å²) in [6.07, 6.45) is 5.37. The normalized spacial score (nSPS) is 15.2. The Kier molecular flexibility index (Phi) is 6.26. The zero-order valence-electron chi connectivity index (χ0n) is 15.6. The van der Waals surface area contributed by atoms with E-state index in [2.05, 4.69) is 22.3 Å². The number of aromatic nitrogens is 2. The van der Waals surface area contributed by atoms with Crippen molar-refractivity contribution in [3.63, 3.8) is 0 Å². The molecule has 1 aliphatic heterocycles. The van der Waals surface area contributed by atoms with Crippen molar-refractivity contribution >= 4 is 5.91 Å². The van der Waals surface area contributed by atoms with E-state index in [1.807, 2.05) is 17.0 Å². The number of aryl methyl sites for hydroxylation is 2. The predicted octanol–water partition coefficient (Wildman–Crippen LogP) is 3.51. The maximum Gasteiger partial charge on any atom is 0.222 e. The summed E-state index contributed by atoms with van der Waals surface area (Å²) < 4.78 is 10.7. The summed E-state index contributed by atoms with van der Waals surface area (Å²) in [6.45, 7) is 3.37. The van der Waals surface area contributed by atoms with E-state index in [1.165, 1.54) is 5.56 Å². The van der Waals surface area contributed by atoms with E-state index in [4.69, 9.17) is 9.15 Å². The Hall–Kier alpha value is -2.37. The predicted molar refractivity (Wildman–Crippen MR) is 98.1 cm³/mol. The number of unbranched alkanes of at least 4 members (excludes halogenated alkanes) is 1. The van der Waals surface area contributed by atoms with E-state index < -0.39 is 0 Å². The van der Waals surface area contributed by atoms with Crippen LogP contribution in [0, 0.1) is 6.92 Å². The Balaban J connectivity index is 1.35. The van der Waals surface area contributed by atoms with Crippen molar-refractivity contribution in [1.82, 2.24) is 15.1 Å². The Morgan fingerprint density at radius 3 is 2.54 bits per heavy atom. The van der Waals surface area contributed by atoms with Crippen LogP contribution in [0.3, 0.4) is 0 Å². The fourth-order valence-electron chi connectivity index (χ4n) is 3.41. The highest BCUT2D eigenvalue weighted by Crippen LogP contribution is 2.27. The van der Waals surface area contributed by atoms with Gasteiger partial charge in [0.1, 0.15) is 5.75 Å². The topological polar surface area (TPSA) is 68.5 Å². The van der Waals surface area contributed by atoms with E-state index in [1.54, 1.807) is 14.0 Å². The molecule has 2 heterocycles. The lowest BCUT2D eigenvalue weighted by atomic mass is 9.96.